The van der Waals surface area contributed by atoms with Gasteiger partial charge in [0.25, 0.3) is 0 Å². The molecule has 2 rings (SSSR count). The van der Waals surface area contributed by atoms with Gasteiger partial charge >= 0.3 is 0 Å². The lowest BCUT2D eigenvalue weighted by Crippen LogP contribution is -2.45. The second-order valence-electron chi connectivity index (χ2n) is 6.28. The molecule has 3 heteroatoms. The third kappa shape index (κ3) is 4.58. The summed E-state index contributed by atoms with van der Waals surface area (Å²) in [6.45, 7) is 8.26. The molecule has 1 aromatic rings. The van der Waals surface area contributed by atoms with Crippen molar-refractivity contribution in [1.29, 1.82) is 0 Å². The van der Waals surface area contributed by atoms with E-state index in [1.165, 1.54) is 38.0 Å². The molecule has 1 atom stereocenters. The van der Waals surface area contributed by atoms with E-state index in [4.69, 9.17) is 0 Å². The van der Waals surface area contributed by atoms with Gasteiger partial charge in [-0.25, -0.2) is 0 Å². The molecular weight excluding hydrogens is 248 g/mol. The standard InChI is InChI=1S/C17H28N2O/c1-14(2)12-19-10-8-16(9-11-19)18-17(13-20)15-6-4-3-5-7-15/h3-7,14,16-18,20H,8-13H2,1-2H3/t17-/m0/s1. The molecular formula is C17H28N2O. The average molecular weight is 276 g/mol. The Balaban J connectivity index is 1.82. The van der Waals surface area contributed by atoms with Crippen LogP contribution in [0.1, 0.15) is 38.3 Å². The molecule has 1 aliphatic rings. The maximum Gasteiger partial charge on any atom is 0.0626 e. The van der Waals surface area contributed by atoms with Gasteiger partial charge in [0.2, 0.25) is 0 Å². The molecule has 112 valence electrons. The predicted octanol–water partition coefficient (Wildman–Crippen LogP) is 2.43. The van der Waals surface area contributed by atoms with E-state index in [1.807, 2.05) is 18.2 Å². The summed E-state index contributed by atoms with van der Waals surface area (Å²) < 4.78 is 0. The minimum atomic E-state index is 0.0675. The molecule has 1 aromatic carbocycles. The smallest absolute Gasteiger partial charge is 0.0626 e. The number of nitrogens with one attached hydrogen (secondary N) is 1. The Morgan fingerprint density at radius 1 is 1.20 bits per heavy atom. The van der Waals surface area contributed by atoms with E-state index in [-0.39, 0.29) is 12.6 Å². The Bertz CT molecular complexity index is 372. The van der Waals surface area contributed by atoms with Crippen molar-refractivity contribution in [1.82, 2.24) is 10.2 Å². The normalized spacial score (nSPS) is 19.4. The van der Waals surface area contributed by atoms with Crippen molar-refractivity contribution in [2.24, 2.45) is 5.92 Å². The number of aliphatic hydroxyl groups excluding tert-OH is 1. The average Bonchev–Trinajstić information content (AvgIpc) is 2.47. The molecule has 0 radical (unpaired) electrons. The maximum atomic E-state index is 9.61. The molecule has 1 aliphatic heterocycles. The zero-order valence-electron chi connectivity index (χ0n) is 12.8. The molecule has 1 saturated heterocycles. The van der Waals surface area contributed by atoms with Gasteiger partial charge in [0.1, 0.15) is 0 Å². The predicted molar refractivity (Wildman–Crippen MR) is 83.7 cm³/mol. The van der Waals surface area contributed by atoms with Gasteiger partial charge in [0, 0.05) is 12.6 Å². The summed E-state index contributed by atoms with van der Waals surface area (Å²) >= 11 is 0. The summed E-state index contributed by atoms with van der Waals surface area (Å²) in [7, 11) is 0. The van der Waals surface area contributed by atoms with E-state index in [0.717, 1.165) is 5.92 Å². The van der Waals surface area contributed by atoms with Crippen LogP contribution in [0.2, 0.25) is 0 Å². The lowest BCUT2D eigenvalue weighted by Gasteiger charge is -2.35. The summed E-state index contributed by atoms with van der Waals surface area (Å²) in [6.07, 6.45) is 2.35. The number of hydrogen-bond acceptors (Lipinski definition) is 3. The number of nitrogens with zero attached hydrogens (tertiary/aromatic N) is 1. The first-order valence-corrected chi connectivity index (χ1v) is 7.83. The molecule has 1 heterocycles. The molecule has 3 nitrogen and oxygen atoms in total. The largest absolute Gasteiger partial charge is 0.394 e. The van der Waals surface area contributed by atoms with Crippen LogP contribution in [-0.4, -0.2) is 42.3 Å². The van der Waals surface area contributed by atoms with E-state index >= 15 is 0 Å². The van der Waals surface area contributed by atoms with Gasteiger partial charge in [-0.1, -0.05) is 44.2 Å². The zero-order chi connectivity index (χ0) is 14.4. The van der Waals surface area contributed by atoms with Gasteiger partial charge in [0.15, 0.2) is 0 Å². The first-order valence-electron chi connectivity index (χ1n) is 7.83. The third-order valence-corrected chi connectivity index (χ3v) is 4.03. The van der Waals surface area contributed by atoms with Gasteiger partial charge in [-0.15, -0.1) is 0 Å². The van der Waals surface area contributed by atoms with Gasteiger partial charge in [-0.2, -0.15) is 0 Å². The molecule has 20 heavy (non-hydrogen) atoms. The molecule has 2 N–H and O–H groups in total. The highest BCUT2D eigenvalue weighted by molar-refractivity contribution is 5.19. The van der Waals surface area contributed by atoms with Crippen LogP contribution in [0, 0.1) is 5.92 Å². The van der Waals surface area contributed by atoms with Crippen molar-refractivity contribution >= 4 is 0 Å². The number of aliphatic hydroxyl groups is 1. The van der Waals surface area contributed by atoms with E-state index in [2.05, 4.69) is 36.2 Å². The molecule has 0 spiro atoms. The minimum Gasteiger partial charge on any atom is -0.394 e. The Kier molecular flexibility index (Phi) is 6.02. The van der Waals surface area contributed by atoms with Crippen LogP contribution in [0.15, 0.2) is 30.3 Å². The highest BCUT2D eigenvalue weighted by Gasteiger charge is 2.22. The topological polar surface area (TPSA) is 35.5 Å². The van der Waals surface area contributed by atoms with Crippen LogP contribution in [-0.2, 0) is 0 Å². The summed E-state index contributed by atoms with van der Waals surface area (Å²) in [4.78, 5) is 2.55. The van der Waals surface area contributed by atoms with Crippen molar-refractivity contribution in [3.63, 3.8) is 0 Å². The molecule has 1 fully saturated rings. The van der Waals surface area contributed by atoms with Gasteiger partial charge in [-0.3, -0.25) is 0 Å². The van der Waals surface area contributed by atoms with Crippen LogP contribution in [0.3, 0.4) is 0 Å². The highest BCUT2D eigenvalue weighted by Crippen LogP contribution is 2.18. The molecule has 0 amide bonds. The highest BCUT2D eigenvalue weighted by atomic mass is 16.3. The van der Waals surface area contributed by atoms with E-state index in [9.17, 15) is 5.11 Å². The van der Waals surface area contributed by atoms with Crippen LogP contribution >= 0.6 is 0 Å². The van der Waals surface area contributed by atoms with Crippen molar-refractivity contribution in [2.75, 3.05) is 26.2 Å². The molecule has 0 aromatic heterocycles. The van der Waals surface area contributed by atoms with Gasteiger partial charge in [-0.05, 0) is 37.4 Å². The molecule has 0 unspecified atom stereocenters. The fraction of sp³-hybridized carbons (Fsp3) is 0.647. The van der Waals surface area contributed by atoms with Crippen LogP contribution in [0.25, 0.3) is 0 Å². The van der Waals surface area contributed by atoms with Gasteiger partial charge in [0.05, 0.1) is 12.6 Å². The minimum absolute atomic E-state index is 0.0675. The van der Waals surface area contributed by atoms with Crippen LogP contribution in [0.5, 0.6) is 0 Å². The number of benzene rings is 1. The summed E-state index contributed by atoms with van der Waals surface area (Å²) in [6, 6.07) is 10.8. The summed E-state index contributed by atoms with van der Waals surface area (Å²) in [5, 5.41) is 13.2. The summed E-state index contributed by atoms with van der Waals surface area (Å²) in [5.74, 6) is 0.744. The third-order valence-electron chi connectivity index (χ3n) is 4.03. The van der Waals surface area contributed by atoms with Crippen molar-refractivity contribution < 1.29 is 5.11 Å². The molecule has 0 saturated carbocycles. The fourth-order valence-electron chi connectivity index (χ4n) is 3.02. The Morgan fingerprint density at radius 2 is 1.85 bits per heavy atom. The fourth-order valence-corrected chi connectivity index (χ4v) is 3.02. The monoisotopic (exact) mass is 276 g/mol. The lowest BCUT2D eigenvalue weighted by atomic mass is 10.0. The van der Waals surface area contributed by atoms with Crippen molar-refractivity contribution in [3.05, 3.63) is 35.9 Å². The number of piperidine rings is 1. The van der Waals surface area contributed by atoms with E-state index in [0.29, 0.717) is 6.04 Å². The molecule has 0 aliphatic carbocycles. The number of hydrogen-bond donors (Lipinski definition) is 2. The Morgan fingerprint density at radius 3 is 2.40 bits per heavy atom. The number of rotatable bonds is 6. The second-order valence-corrected chi connectivity index (χ2v) is 6.28. The van der Waals surface area contributed by atoms with Crippen molar-refractivity contribution in [2.45, 2.75) is 38.8 Å². The van der Waals surface area contributed by atoms with Crippen LogP contribution in [0.4, 0.5) is 0 Å². The second kappa shape index (κ2) is 7.77. The zero-order valence-corrected chi connectivity index (χ0v) is 12.8. The Hall–Kier alpha value is -0.900. The van der Waals surface area contributed by atoms with Gasteiger partial charge < -0.3 is 15.3 Å². The Labute approximate surface area is 123 Å². The van der Waals surface area contributed by atoms with E-state index < -0.39 is 0 Å². The first-order chi connectivity index (χ1) is 9.69. The SMILES string of the molecule is CC(C)CN1CCC(N[C@@H](CO)c2ccccc2)CC1. The van der Waals surface area contributed by atoms with Crippen LogP contribution < -0.4 is 5.32 Å². The summed E-state index contributed by atoms with van der Waals surface area (Å²) in [5.41, 5.74) is 1.18. The number of likely N-dealkylation sites (tertiary alicyclic amines) is 1. The van der Waals surface area contributed by atoms with Crippen molar-refractivity contribution in [3.8, 4) is 0 Å². The maximum absolute atomic E-state index is 9.61. The van der Waals surface area contributed by atoms with E-state index in [1.54, 1.807) is 0 Å². The molecule has 0 bridgehead atoms. The first kappa shape index (κ1) is 15.5. The quantitative estimate of drug-likeness (QED) is 0.837. The lowest BCUT2D eigenvalue weighted by molar-refractivity contribution is 0.160.